The largest absolute Gasteiger partial charge is 0.355 e. The maximum Gasteiger partial charge on any atom is 0.226 e. The first-order valence-electron chi connectivity index (χ1n) is 7.90. The second kappa shape index (κ2) is 7.75. The van der Waals surface area contributed by atoms with Crippen molar-refractivity contribution in [2.24, 2.45) is 5.92 Å². The van der Waals surface area contributed by atoms with Gasteiger partial charge in [0, 0.05) is 18.1 Å². The third-order valence-corrected chi connectivity index (χ3v) is 4.45. The summed E-state index contributed by atoms with van der Waals surface area (Å²) in [6.07, 6.45) is 0.470. The summed E-state index contributed by atoms with van der Waals surface area (Å²) in [5.41, 5.74) is 7.76. The van der Waals surface area contributed by atoms with Gasteiger partial charge in [-0.2, -0.15) is 0 Å². The molecule has 1 heterocycles. The number of nitrogens with one attached hydrogen (secondary N) is 3. The van der Waals surface area contributed by atoms with Crippen molar-refractivity contribution < 1.29 is 9.18 Å². The van der Waals surface area contributed by atoms with Crippen LogP contribution in [0.3, 0.4) is 0 Å². The highest BCUT2D eigenvalue weighted by Crippen LogP contribution is 2.26. The maximum absolute atomic E-state index is 13.6. The third-order valence-electron chi connectivity index (χ3n) is 4.20. The lowest BCUT2D eigenvalue weighted by Gasteiger charge is -2.18. The molecule has 0 radical (unpaired) electrons. The Bertz CT molecular complexity index is 708. The Kier molecular flexibility index (Phi) is 5.45. The van der Waals surface area contributed by atoms with Crippen molar-refractivity contribution in [1.29, 1.82) is 0 Å². The number of carbonyl (C=O) groups excluding carboxylic acids is 1. The number of amides is 1. The van der Waals surface area contributed by atoms with Gasteiger partial charge in [0.15, 0.2) is 0 Å². The fraction of sp³-hybridized carbons (Fsp3) is 0.278. The van der Waals surface area contributed by atoms with E-state index in [1.807, 2.05) is 24.3 Å². The first kappa shape index (κ1) is 16.9. The Hall–Kier alpha value is -1.95. The molecular weight excluding hydrogens is 329 g/mol. The van der Waals surface area contributed by atoms with Crippen LogP contribution in [0.2, 0.25) is 5.02 Å². The van der Waals surface area contributed by atoms with Crippen LogP contribution < -0.4 is 16.2 Å². The van der Waals surface area contributed by atoms with Crippen molar-refractivity contribution in [1.82, 2.24) is 16.2 Å². The van der Waals surface area contributed by atoms with E-state index in [1.54, 1.807) is 18.2 Å². The number of rotatable bonds is 5. The summed E-state index contributed by atoms with van der Waals surface area (Å²) in [6, 6.07) is 13.9. The normalized spacial score (nSPS) is 20.1. The minimum Gasteiger partial charge on any atom is -0.355 e. The van der Waals surface area contributed by atoms with Gasteiger partial charge in [-0.1, -0.05) is 41.9 Å². The first-order valence-corrected chi connectivity index (χ1v) is 8.28. The standard InChI is InChI=1S/C18H19ClFN3O/c19-14-7-5-13(6-8-14)17-15(11-22-23-17)18(24)21-10-9-12-3-1-2-4-16(12)20/h1-8,15,17,22-23H,9-11H2,(H,21,24). The molecule has 0 bridgehead atoms. The zero-order valence-corrected chi connectivity index (χ0v) is 13.8. The smallest absolute Gasteiger partial charge is 0.226 e. The summed E-state index contributed by atoms with van der Waals surface area (Å²) in [4.78, 5) is 12.5. The van der Waals surface area contributed by atoms with Gasteiger partial charge >= 0.3 is 0 Å². The SMILES string of the molecule is O=C(NCCc1ccccc1F)C1CNNC1c1ccc(Cl)cc1. The number of hydrogen-bond donors (Lipinski definition) is 3. The Morgan fingerprint density at radius 1 is 1.21 bits per heavy atom. The topological polar surface area (TPSA) is 53.2 Å². The Balaban J connectivity index is 1.58. The van der Waals surface area contributed by atoms with Crippen LogP contribution in [0, 0.1) is 11.7 Å². The molecule has 0 saturated carbocycles. The van der Waals surface area contributed by atoms with Gasteiger partial charge in [0.25, 0.3) is 0 Å². The van der Waals surface area contributed by atoms with Crippen LogP contribution in [0.4, 0.5) is 4.39 Å². The summed E-state index contributed by atoms with van der Waals surface area (Å²) in [6.45, 7) is 0.947. The molecule has 0 aromatic heterocycles. The molecule has 6 heteroatoms. The fourth-order valence-corrected chi connectivity index (χ4v) is 3.01. The van der Waals surface area contributed by atoms with E-state index in [0.29, 0.717) is 30.1 Å². The van der Waals surface area contributed by atoms with E-state index in [-0.39, 0.29) is 23.7 Å². The van der Waals surface area contributed by atoms with E-state index < -0.39 is 0 Å². The van der Waals surface area contributed by atoms with Crippen molar-refractivity contribution in [2.45, 2.75) is 12.5 Å². The highest BCUT2D eigenvalue weighted by atomic mass is 35.5. The van der Waals surface area contributed by atoms with Gasteiger partial charge in [-0.25, -0.2) is 9.82 Å². The molecule has 1 aliphatic heterocycles. The molecule has 3 N–H and O–H groups in total. The lowest BCUT2D eigenvalue weighted by Crippen LogP contribution is -2.36. The first-order chi connectivity index (χ1) is 11.6. The Morgan fingerprint density at radius 3 is 2.71 bits per heavy atom. The predicted molar refractivity (Wildman–Crippen MR) is 91.9 cm³/mol. The summed E-state index contributed by atoms with van der Waals surface area (Å²) < 4.78 is 13.6. The van der Waals surface area contributed by atoms with Crippen LogP contribution in [0.15, 0.2) is 48.5 Å². The van der Waals surface area contributed by atoms with Gasteiger partial charge < -0.3 is 5.32 Å². The maximum atomic E-state index is 13.6. The summed E-state index contributed by atoms with van der Waals surface area (Å²) in [7, 11) is 0. The van der Waals surface area contributed by atoms with Gasteiger partial charge in [-0.05, 0) is 35.7 Å². The van der Waals surface area contributed by atoms with Crippen molar-refractivity contribution in [3.8, 4) is 0 Å². The quantitative estimate of drug-likeness (QED) is 0.779. The second-order valence-electron chi connectivity index (χ2n) is 5.79. The third kappa shape index (κ3) is 3.93. The average molecular weight is 348 g/mol. The highest BCUT2D eigenvalue weighted by molar-refractivity contribution is 6.30. The molecule has 126 valence electrons. The van der Waals surface area contributed by atoms with Gasteiger partial charge in [0.2, 0.25) is 5.91 Å². The molecule has 1 saturated heterocycles. The zero-order valence-electron chi connectivity index (χ0n) is 13.1. The summed E-state index contributed by atoms with van der Waals surface area (Å²) in [5.74, 6) is -0.523. The second-order valence-corrected chi connectivity index (χ2v) is 6.23. The molecule has 0 aliphatic carbocycles. The predicted octanol–water partition coefficient (Wildman–Crippen LogP) is 2.60. The molecule has 1 amide bonds. The molecule has 2 atom stereocenters. The van der Waals surface area contributed by atoms with Gasteiger partial charge in [0.05, 0.1) is 12.0 Å². The molecule has 1 aliphatic rings. The molecule has 2 aromatic rings. The molecule has 24 heavy (non-hydrogen) atoms. The lowest BCUT2D eigenvalue weighted by atomic mass is 9.94. The number of halogens is 2. The van der Waals surface area contributed by atoms with E-state index >= 15 is 0 Å². The number of hydrazine groups is 1. The minimum absolute atomic E-state index is 0.0520. The van der Waals surface area contributed by atoms with Crippen molar-refractivity contribution in [3.63, 3.8) is 0 Å². The highest BCUT2D eigenvalue weighted by Gasteiger charge is 2.33. The van der Waals surface area contributed by atoms with Crippen LogP contribution in [-0.4, -0.2) is 19.0 Å². The van der Waals surface area contributed by atoms with Crippen molar-refractivity contribution in [2.75, 3.05) is 13.1 Å². The summed E-state index contributed by atoms with van der Waals surface area (Å²) in [5, 5.41) is 3.56. The van der Waals surface area contributed by atoms with E-state index in [2.05, 4.69) is 16.2 Å². The van der Waals surface area contributed by atoms with E-state index in [1.165, 1.54) is 6.07 Å². The van der Waals surface area contributed by atoms with E-state index in [4.69, 9.17) is 11.6 Å². The lowest BCUT2D eigenvalue weighted by molar-refractivity contribution is -0.124. The number of benzene rings is 2. The monoisotopic (exact) mass is 347 g/mol. The van der Waals surface area contributed by atoms with Gasteiger partial charge in [-0.15, -0.1) is 0 Å². The zero-order chi connectivity index (χ0) is 16.9. The molecule has 2 unspecified atom stereocenters. The minimum atomic E-state index is -0.241. The van der Waals surface area contributed by atoms with E-state index in [9.17, 15) is 9.18 Å². The van der Waals surface area contributed by atoms with Crippen molar-refractivity contribution in [3.05, 3.63) is 70.5 Å². The molecule has 4 nitrogen and oxygen atoms in total. The average Bonchev–Trinajstić information content (AvgIpc) is 3.07. The summed E-state index contributed by atoms with van der Waals surface area (Å²) >= 11 is 5.91. The van der Waals surface area contributed by atoms with Crippen LogP contribution in [0.25, 0.3) is 0 Å². The van der Waals surface area contributed by atoms with Crippen LogP contribution in [-0.2, 0) is 11.2 Å². The number of carbonyl (C=O) groups is 1. The van der Waals surface area contributed by atoms with Crippen LogP contribution in [0.5, 0.6) is 0 Å². The van der Waals surface area contributed by atoms with Crippen LogP contribution in [0.1, 0.15) is 17.2 Å². The molecule has 2 aromatic carbocycles. The van der Waals surface area contributed by atoms with E-state index in [0.717, 1.165) is 5.56 Å². The van der Waals surface area contributed by atoms with Crippen LogP contribution >= 0.6 is 11.6 Å². The molecule has 1 fully saturated rings. The van der Waals surface area contributed by atoms with Gasteiger partial charge in [0.1, 0.15) is 5.82 Å². The molecular formula is C18H19ClFN3O. The fourth-order valence-electron chi connectivity index (χ4n) is 2.88. The van der Waals surface area contributed by atoms with Gasteiger partial charge in [-0.3, -0.25) is 10.2 Å². The Morgan fingerprint density at radius 2 is 1.96 bits per heavy atom. The Labute approximate surface area is 145 Å². The van der Waals surface area contributed by atoms with Crippen molar-refractivity contribution >= 4 is 17.5 Å². The molecule has 3 rings (SSSR count). The number of hydrogen-bond acceptors (Lipinski definition) is 3. The molecule has 0 spiro atoms.